The summed E-state index contributed by atoms with van der Waals surface area (Å²) in [4.78, 5) is 23.3. The van der Waals surface area contributed by atoms with Crippen LogP contribution in [0.4, 0.5) is 4.79 Å². The van der Waals surface area contributed by atoms with E-state index in [2.05, 4.69) is 56.1 Å². The molecule has 3 rings (SSSR count). The van der Waals surface area contributed by atoms with E-state index in [1.165, 1.54) is 22.3 Å². The standard InChI is InChI=1S/C24H33N5O2/c1-16-12-18(3)22(26-14-16)20-8-7-9-21(23-19(4)13-17(2)15-27-23)29(20)11-6-5-10-25-24(30)28-31/h5-6,12-15,20-21,31H,7-11H2,1-4H3,(H2,25,28,30)/b6-5-/t20-,21+. The SMILES string of the molecule is Cc1cnc([C@H]2CCC[C@@H](c3ncc(C)cc3C)N2C/C=C\CNC(=O)NO)c(C)c1. The summed E-state index contributed by atoms with van der Waals surface area (Å²) in [5.74, 6) is 0. The minimum absolute atomic E-state index is 0.209. The molecule has 1 fully saturated rings. The summed E-state index contributed by atoms with van der Waals surface area (Å²) in [6.07, 6.45) is 11.1. The molecule has 1 aliphatic rings. The van der Waals surface area contributed by atoms with Crippen molar-refractivity contribution < 1.29 is 10.0 Å². The van der Waals surface area contributed by atoms with Crippen molar-refractivity contribution in [3.05, 3.63) is 70.3 Å². The zero-order valence-corrected chi connectivity index (χ0v) is 18.9. The molecule has 0 radical (unpaired) electrons. The maximum absolute atomic E-state index is 11.1. The molecule has 3 heterocycles. The van der Waals surface area contributed by atoms with Gasteiger partial charge in [-0.25, -0.2) is 10.3 Å². The Kier molecular flexibility index (Phi) is 7.76. The van der Waals surface area contributed by atoms with E-state index in [-0.39, 0.29) is 12.1 Å². The number of hydrogen-bond acceptors (Lipinski definition) is 5. The number of nitrogens with one attached hydrogen (secondary N) is 2. The predicted molar refractivity (Wildman–Crippen MR) is 121 cm³/mol. The number of amides is 2. The fraction of sp³-hybridized carbons (Fsp3) is 0.458. The van der Waals surface area contributed by atoms with Gasteiger partial charge in [0.2, 0.25) is 0 Å². The van der Waals surface area contributed by atoms with Gasteiger partial charge in [0, 0.05) is 25.5 Å². The summed E-state index contributed by atoms with van der Waals surface area (Å²) in [5.41, 5.74) is 8.61. The van der Waals surface area contributed by atoms with Crippen LogP contribution < -0.4 is 10.8 Å². The Hall–Kier alpha value is -2.77. The summed E-state index contributed by atoms with van der Waals surface area (Å²) in [6, 6.07) is 4.21. The van der Waals surface area contributed by atoms with Crippen molar-refractivity contribution >= 4 is 6.03 Å². The summed E-state index contributed by atoms with van der Waals surface area (Å²) in [7, 11) is 0. The summed E-state index contributed by atoms with van der Waals surface area (Å²) < 4.78 is 0. The minimum atomic E-state index is -0.614. The van der Waals surface area contributed by atoms with E-state index < -0.39 is 6.03 Å². The number of rotatable bonds is 6. The molecule has 0 bridgehead atoms. The molecule has 1 saturated heterocycles. The molecule has 2 atom stereocenters. The van der Waals surface area contributed by atoms with Crippen LogP contribution in [-0.2, 0) is 0 Å². The second-order valence-corrected chi connectivity index (χ2v) is 8.38. The van der Waals surface area contributed by atoms with E-state index in [4.69, 9.17) is 15.2 Å². The van der Waals surface area contributed by atoms with Gasteiger partial charge in [0.25, 0.3) is 0 Å². The van der Waals surface area contributed by atoms with Gasteiger partial charge < -0.3 is 5.32 Å². The third-order valence-corrected chi connectivity index (χ3v) is 5.86. The summed E-state index contributed by atoms with van der Waals surface area (Å²) in [6.45, 7) is 9.49. The second-order valence-electron chi connectivity index (χ2n) is 8.38. The van der Waals surface area contributed by atoms with E-state index in [0.717, 1.165) is 37.2 Å². The topological polar surface area (TPSA) is 90.4 Å². The number of urea groups is 1. The maximum Gasteiger partial charge on any atom is 0.338 e. The first kappa shape index (κ1) is 22.9. The molecule has 3 N–H and O–H groups in total. The van der Waals surface area contributed by atoms with Crippen LogP contribution in [0.2, 0.25) is 0 Å². The third-order valence-electron chi connectivity index (χ3n) is 5.86. The maximum atomic E-state index is 11.1. The van der Waals surface area contributed by atoms with Gasteiger partial charge >= 0.3 is 6.03 Å². The third kappa shape index (κ3) is 5.68. The van der Waals surface area contributed by atoms with Crippen molar-refractivity contribution in [2.75, 3.05) is 13.1 Å². The highest BCUT2D eigenvalue weighted by Gasteiger charge is 2.34. The highest BCUT2D eigenvalue weighted by molar-refractivity contribution is 5.72. The number of nitrogens with zero attached hydrogens (tertiary/aromatic N) is 3. The fourth-order valence-electron chi connectivity index (χ4n) is 4.52. The Morgan fingerprint density at radius 2 is 1.58 bits per heavy atom. The van der Waals surface area contributed by atoms with E-state index in [1.54, 1.807) is 5.48 Å². The average molecular weight is 424 g/mol. The van der Waals surface area contributed by atoms with Crippen LogP contribution in [-0.4, -0.2) is 39.2 Å². The van der Waals surface area contributed by atoms with E-state index >= 15 is 0 Å². The summed E-state index contributed by atoms with van der Waals surface area (Å²) in [5, 5.41) is 11.2. The van der Waals surface area contributed by atoms with E-state index in [0.29, 0.717) is 6.54 Å². The van der Waals surface area contributed by atoms with Crippen LogP contribution >= 0.6 is 0 Å². The number of hydrogen-bond donors (Lipinski definition) is 3. The number of likely N-dealkylation sites (tertiary alicyclic amines) is 1. The number of hydroxylamine groups is 1. The van der Waals surface area contributed by atoms with Gasteiger partial charge in [-0.05, 0) is 69.2 Å². The molecule has 0 aromatic carbocycles. The van der Waals surface area contributed by atoms with Crippen molar-refractivity contribution in [1.82, 2.24) is 25.7 Å². The van der Waals surface area contributed by atoms with Gasteiger partial charge in [-0.3, -0.25) is 20.1 Å². The molecular formula is C24H33N5O2. The van der Waals surface area contributed by atoms with Crippen molar-refractivity contribution in [3.8, 4) is 0 Å². The van der Waals surface area contributed by atoms with E-state index in [1.807, 2.05) is 18.5 Å². The number of aryl methyl sites for hydroxylation is 4. The second kappa shape index (κ2) is 10.5. The first-order valence-electron chi connectivity index (χ1n) is 10.9. The van der Waals surface area contributed by atoms with Crippen LogP contribution in [0, 0.1) is 27.7 Å². The first-order valence-corrected chi connectivity index (χ1v) is 10.9. The monoisotopic (exact) mass is 423 g/mol. The molecule has 0 spiro atoms. The molecule has 0 unspecified atom stereocenters. The zero-order valence-electron chi connectivity index (χ0n) is 18.9. The molecule has 0 aliphatic carbocycles. The number of piperidine rings is 1. The van der Waals surface area contributed by atoms with Gasteiger partial charge in [0.15, 0.2) is 0 Å². The number of carbonyl (C=O) groups is 1. The largest absolute Gasteiger partial charge is 0.338 e. The minimum Gasteiger partial charge on any atom is -0.333 e. The van der Waals surface area contributed by atoms with Crippen molar-refractivity contribution in [2.45, 2.75) is 59.0 Å². The Bertz CT molecular complexity index is 884. The van der Waals surface area contributed by atoms with Gasteiger partial charge in [-0.15, -0.1) is 0 Å². The lowest BCUT2D eigenvalue weighted by molar-refractivity contribution is 0.0901. The van der Waals surface area contributed by atoms with Crippen LogP contribution in [0.15, 0.2) is 36.7 Å². The van der Waals surface area contributed by atoms with Crippen molar-refractivity contribution in [1.29, 1.82) is 0 Å². The summed E-state index contributed by atoms with van der Waals surface area (Å²) >= 11 is 0. The normalized spacial score (nSPS) is 19.5. The fourth-order valence-corrected chi connectivity index (χ4v) is 4.52. The Labute approximate surface area is 184 Å². The molecule has 166 valence electrons. The molecule has 1 aliphatic heterocycles. The smallest absolute Gasteiger partial charge is 0.333 e. The van der Waals surface area contributed by atoms with Crippen LogP contribution in [0.5, 0.6) is 0 Å². The molecule has 7 heteroatoms. The van der Waals surface area contributed by atoms with Gasteiger partial charge in [-0.2, -0.15) is 0 Å². The quantitative estimate of drug-likeness (QED) is 0.368. The van der Waals surface area contributed by atoms with Gasteiger partial charge in [-0.1, -0.05) is 24.3 Å². The molecular weight excluding hydrogens is 390 g/mol. The molecule has 0 saturated carbocycles. The molecule has 2 aromatic rings. The lowest BCUT2D eigenvalue weighted by atomic mass is 9.88. The molecule has 2 amide bonds. The zero-order chi connectivity index (χ0) is 22.4. The number of aromatic nitrogens is 2. The van der Waals surface area contributed by atoms with Crippen LogP contribution in [0.1, 0.15) is 65.0 Å². The first-order chi connectivity index (χ1) is 14.9. The average Bonchev–Trinajstić information content (AvgIpc) is 2.74. The predicted octanol–water partition coefficient (Wildman–Crippen LogP) is 4.22. The lowest BCUT2D eigenvalue weighted by Crippen LogP contribution is -2.38. The molecule has 31 heavy (non-hydrogen) atoms. The Morgan fingerprint density at radius 1 is 1.03 bits per heavy atom. The Morgan fingerprint density at radius 3 is 2.06 bits per heavy atom. The highest BCUT2D eigenvalue weighted by Crippen LogP contribution is 2.42. The van der Waals surface area contributed by atoms with Gasteiger partial charge in [0.1, 0.15) is 0 Å². The molecule has 7 nitrogen and oxygen atoms in total. The van der Waals surface area contributed by atoms with Gasteiger partial charge in [0.05, 0.1) is 23.5 Å². The lowest BCUT2D eigenvalue weighted by Gasteiger charge is -2.42. The van der Waals surface area contributed by atoms with Crippen LogP contribution in [0.25, 0.3) is 0 Å². The van der Waals surface area contributed by atoms with Crippen LogP contribution in [0.3, 0.4) is 0 Å². The Balaban J connectivity index is 1.89. The number of pyridine rings is 2. The highest BCUT2D eigenvalue weighted by atomic mass is 16.5. The number of carbonyl (C=O) groups excluding carboxylic acids is 1. The van der Waals surface area contributed by atoms with Crippen molar-refractivity contribution in [2.24, 2.45) is 0 Å². The van der Waals surface area contributed by atoms with Crippen molar-refractivity contribution in [3.63, 3.8) is 0 Å². The van der Waals surface area contributed by atoms with E-state index in [9.17, 15) is 4.79 Å². The molecule has 2 aromatic heterocycles.